The van der Waals surface area contributed by atoms with Gasteiger partial charge in [0.25, 0.3) is 0 Å². The fourth-order valence-corrected chi connectivity index (χ4v) is 3.36. The van der Waals surface area contributed by atoms with Crippen molar-refractivity contribution in [3.05, 3.63) is 57.2 Å². The van der Waals surface area contributed by atoms with Gasteiger partial charge in [0.2, 0.25) is 0 Å². The van der Waals surface area contributed by atoms with Crippen LogP contribution in [0.3, 0.4) is 0 Å². The smallest absolute Gasteiger partial charge is 0.119 e. The van der Waals surface area contributed by atoms with E-state index in [4.69, 9.17) is 4.74 Å². The maximum absolute atomic E-state index is 5.37. The Morgan fingerprint density at radius 2 is 2.05 bits per heavy atom. The topological polar surface area (TPSA) is 21.3 Å². The van der Waals surface area contributed by atoms with E-state index in [9.17, 15) is 0 Å². The highest BCUT2D eigenvalue weighted by atomic mass is 127. The lowest BCUT2D eigenvalue weighted by Crippen LogP contribution is -2.18. The number of para-hydroxylation sites is 1. The highest BCUT2D eigenvalue weighted by Gasteiger charge is 2.21. The number of aryl methyl sites for hydroxylation is 1. The molecular formula is C17H18INO. The first-order valence-corrected chi connectivity index (χ1v) is 8.03. The highest BCUT2D eigenvalue weighted by Crippen LogP contribution is 2.35. The Kier molecular flexibility index (Phi) is 4.15. The Bertz CT molecular complexity index is 612. The van der Waals surface area contributed by atoms with Gasteiger partial charge in [-0.15, -0.1) is 0 Å². The molecule has 1 atom stereocenters. The molecule has 20 heavy (non-hydrogen) atoms. The number of hydrogen-bond donors (Lipinski definition) is 1. The van der Waals surface area contributed by atoms with Crippen molar-refractivity contribution in [3.63, 3.8) is 0 Å². The zero-order chi connectivity index (χ0) is 13.9. The third kappa shape index (κ3) is 2.77. The Balaban J connectivity index is 1.91. The lowest BCUT2D eigenvalue weighted by atomic mass is 9.87. The van der Waals surface area contributed by atoms with Crippen LogP contribution in [0.5, 0.6) is 5.75 Å². The van der Waals surface area contributed by atoms with Gasteiger partial charge in [-0.3, -0.25) is 0 Å². The van der Waals surface area contributed by atoms with Crippen LogP contribution >= 0.6 is 22.6 Å². The predicted octanol–water partition coefficient (Wildman–Crippen LogP) is 4.79. The van der Waals surface area contributed by atoms with Crippen LogP contribution in [-0.4, -0.2) is 7.11 Å². The number of anilines is 1. The molecule has 1 unspecified atom stereocenters. The molecule has 0 saturated carbocycles. The third-order valence-corrected chi connectivity index (χ3v) is 4.81. The first-order chi connectivity index (χ1) is 9.78. The van der Waals surface area contributed by atoms with Gasteiger partial charge in [0, 0.05) is 9.26 Å². The van der Waals surface area contributed by atoms with E-state index in [2.05, 4.69) is 70.4 Å². The summed E-state index contributed by atoms with van der Waals surface area (Å²) in [6.07, 6.45) is 3.58. The Morgan fingerprint density at radius 1 is 1.20 bits per heavy atom. The minimum atomic E-state index is 0.379. The SMILES string of the molecule is COc1ccc2c(c1)C(Nc1ccccc1I)CCC2. The fourth-order valence-electron chi connectivity index (χ4n) is 2.82. The molecule has 0 heterocycles. The van der Waals surface area contributed by atoms with E-state index in [-0.39, 0.29) is 0 Å². The monoisotopic (exact) mass is 379 g/mol. The molecule has 0 radical (unpaired) electrons. The van der Waals surface area contributed by atoms with E-state index in [0.717, 1.165) is 5.75 Å². The van der Waals surface area contributed by atoms with Gasteiger partial charge < -0.3 is 10.1 Å². The van der Waals surface area contributed by atoms with Gasteiger partial charge in [-0.25, -0.2) is 0 Å². The molecule has 0 bridgehead atoms. The molecule has 1 aliphatic rings. The first-order valence-electron chi connectivity index (χ1n) is 6.96. The normalized spacial score (nSPS) is 17.4. The van der Waals surface area contributed by atoms with Crippen molar-refractivity contribution in [2.24, 2.45) is 0 Å². The van der Waals surface area contributed by atoms with Gasteiger partial charge in [0.05, 0.1) is 13.2 Å². The van der Waals surface area contributed by atoms with Crippen LogP contribution in [0.1, 0.15) is 30.0 Å². The highest BCUT2D eigenvalue weighted by molar-refractivity contribution is 14.1. The molecule has 2 nitrogen and oxygen atoms in total. The molecule has 1 aliphatic carbocycles. The van der Waals surface area contributed by atoms with Crippen molar-refractivity contribution >= 4 is 28.3 Å². The fraction of sp³-hybridized carbons (Fsp3) is 0.294. The number of rotatable bonds is 3. The van der Waals surface area contributed by atoms with Gasteiger partial charge in [-0.2, -0.15) is 0 Å². The summed E-state index contributed by atoms with van der Waals surface area (Å²) in [6, 6.07) is 15.3. The Morgan fingerprint density at radius 3 is 2.85 bits per heavy atom. The average molecular weight is 379 g/mol. The van der Waals surface area contributed by atoms with Crippen LogP contribution in [0.15, 0.2) is 42.5 Å². The minimum Gasteiger partial charge on any atom is -0.497 e. The predicted molar refractivity (Wildman–Crippen MR) is 91.5 cm³/mol. The van der Waals surface area contributed by atoms with Crippen molar-refractivity contribution in [1.82, 2.24) is 0 Å². The molecule has 0 aromatic heterocycles. The summed E-state index contributed by atoms with van der Waals surface area (Å²) in [7, 11) is 1.73. The van der Waals surface area contributed by atoms with E-state index < -0.39 is 0 Å². The van der Waals surface area contributed by atoms with Crippen LogP contribution in [0.25, 0.3) is 0 Å². The van der Waals surface area contributed by atoms with Gasteiger partial charge in [0.15, 0.2) is 0 Å². The standard InChI is InChI=1S/C17H18INO/c1-20-13-10-9-12-5-4-8-16(14(12)11-13)19-17-7-3-2-6-15(17)18/h2-3,6-7,9-11,16,19H,4-5,8H2,1H3. The number of benzene rings is 2. The van der Waals surface area contributed by atoms with Crippen molar-refractivity contribution in [3.8, 4) is 5.75 Å². The van der Waals surface area contributed by atoms with E-state index in [1.807, 2.05) is 0 Å². The quantitative estimate of drug-likeness (QED) is 0.775. The third-order valence-electron chi connectivity index (χ3n) is 3.87. The zero-order valence-electron chi connectivity index (χ0n) is 11.5. The van der Waals surface area contributed by atoms with Crippen LogP contribution in [0.4, 0.5) is 5.69 Å². The minimum absolute atomic E-state index is 0.379. The summed E-state index contributed by atoms with van der Waals surface area (Å²) in [6.45, 7) is 0. The van der Waals surface area contributed by atoms with Crippen LogP contribution in [0, 0.1) is 3.57 Å². The van der Waals surface area contributed by atoms with E-state index >= 15 is 0 Å². The largest absolute Gasteiger partial charge is 0.497 e. The van der Waals surface area contributed by atoms with Gasteiger partial charge in [0.1, 0.15) is 5.75 Å². The summed E-state index contributed by atoms with van der Waals surface area (Å²) in [4.78, 5) is 0. The number of methoxy groups -OCH3 is 1. The molecule has 2 aromatic rings. The maximum Gasteiger partial charge on any atom is 0.119 e. The lowest BCUT2D eigenvalue weighted by molar-refractivity contribution is 0.413. The van der Waals surface area contributed by atoms with Crippen LogP contribution in [0.2, 0.25) is 0 Å². The summed E-state index contributed by atoms with van der Waals surface area (Å²) in [5, 5.41) is 3.69. The van der Waals surface area contributed by atoms with Gasteiger partial charge in [-0.1, -0.05) is 18.2 Å². The molecule has 0 aliphatic heterocycles. The summed E-state index contributed by atoms with van der Waals surface area (Å²) in [5.74, 6) is 0.945. The molecule has 0 spiro atoms. The Hall–Kier alpha value is -1.23. The van der Waals surface area contributed by atoms with Gasteiger partial charge in [-0.05, 0) is 77.2 Å². The Labute approximate surface area is 133 Å². The summed E-state index contributed by atoms with van der Waals surface area (Å²) >= 11 is 2.38. The number of ether oxygens (including phenoxy) is 1. The number of halogens is 1. The summed E-state index contributed by atoms with van der Waals surface area (Å²) in [5.41, 5.74) is 4.05. The van der Waals surface area contributed by atoms with Crippen molar-refractivity contribution < 1.29 is 4.74 Å². The number of nitrogens with one attached hydrogen (secondary N) is 1. The first kappa shape index (κ1) is 13.7. The van der Waals surface area contributed by atoms with E-state index in [0.29, 0.717) is 6.04 Å². The molecule has 1 N–H and O–H groups in total. The van der Waals surface area contributed by atoms with Crippen LogP contribution < -0.4 is 10.1 Å². The molecule has 3 rings (SSSR count). The number of hydrogen-bond acceptors (Lipinski definition) is 2. The van der Waals surface area contributed by atoms with E-state index in [1.165, 1.54) is 39.6 Å². The molecule has 0 amide bonds. The lowest BCUT2D eigenvalue weighted by Gasteiger charge is -2.28. The average Bonchev–Trinajstić information content (AvgIpc) is 2.49. The van der Waals surface area contributed by atoms with Crippen LogP contribution in [-0.2, 0) is 6.42 Å². The second kappa shape index (κ2) is 6.04. The van der Waals surface area contributed by atoms with Crippen molar-refractivity contribution in [1.29, 1.82) is 0 Å². The molecule has 104 valence electrons. The zero-order valence-corrected chi connectivity index (χ0v) is 13.7. The van der Waals surface area contributed by atoms with Gasteiger partial charge >= 0.3 is 0 Å². The molecule has 3 heteroatoms. The number of fused-ring (bicyclic) bond motifs is 1. The molecule has 0 fully saturated rings. The summed E-state index contributed by atoms with van der Waals surface area (Å²) < 4.78 is 6.64. The van der Waals surface area contributed by atoms with E-state index in [1.54, 1.807) is 7.11 Å². The molecule has 0 saturated heterocycles. The van der Waals surface area contributed by atoms with Crippen molar-refractivity contribution in [2.75, 3.05) is 12.4 Å². The second-order valence-electron chi connectivity index (χ2n) is 5.13. The molecular weight excluding hydrogens is 361 g/mol. The second-order valence-corrected chi connectivity index (χ2v) is 6.30. The molecule has 2 aromatic carbocycles. The maximum atomic E-state index is 5.37. The van der Waals surface area contributed by atoms with Crippen molar-refractivity contribution in [2.45, 2.75) is 25.3 Å².